The Morgan fingerprint density at radius 3 is 2.90 bits per heavy atom. The van der Waals surface area contributed by atoms with Gasteiger partial charge in [-0.05, 0) is 69.7 Å². The lowest BCUT2D eigenvalue weighted by Gasteiger charge is -2.53. The minimum atomic E-state index is -0.320. The van der Waals surface area contributed by atoms with Crippen LogP contribution in [0.2, 0.25) is 0 Å². The molecule has 160 valence electrons. The van der Waals surface area contributed by atoms with E-state index in [9.17, 15) is 4.79 Å². The summed E-state index contributed by atoms with van der Waals surface area (Å²) < 4.78 is 18.2. The first-order chi connectivity index (χ1) is 13.9. The summed E-state index contributed by atoms with van der Waals surface area (Å²) in [6.07, 6.45) is 6.74. The lowest BCUT2D eigenvalue weighted by Crippen LogP contribution is -2.58. The number of methoxy groups -OCH3 is 1. The Hall–Kier alpha value is -1.59. The van der Waals surface area contributed by atoms with E-state index in [4.69, 9.17) is 14.2 Å². The smallest absolute Gasteiger partial charge is 0.337 e. The van der Waals surface area contributed by atoms with Crippen molar-refractivity contribution in [1.29, 1.82) is 0 Å². The van der Waals surface area contributed by atoms with Crippen LogP contribution in [0.1, 0.15) is 81.3 Å². The molecule has 1 aromatic rings. The maximum atomic E-state index is 12.1. The third-order valence-electron chi connectivity index (χ3n) is 7.17. The number of ether oxygens (including phenoxy) is 3. The lowest BCUT2D eigenvalue weighted by molar-refractivity contribution is -0.154. The topological polar surface area (TPSA) is 56.8 Å². The predicted molar refractivity (Wildman–Crippen MR) is 112 cm³/mol. The highest BCUT2D eigenvalue weighted by molar-refractivity contribution is 5.89. The summed E-state index contributed by atoms with van der Waals surface area (Å²) in [5.74, 6) is 1.48. The summed E-state index contributed by atoms with van der Waals surface area (Å²) in [4.78, 5) is 12.1. The number of carbonyl (C=O) groups excluding carboxylic acids is 1. The molecule has 0 radical (unpaired) electrons. The third kappa shape index (κ3) is 3.91. The summed E-state index contributed by atoms with van der Waals surface area (Å²) in [7, 11) is 1.42. The van der Waals surface area contributed by atoms with Gasteiger partial charge in [-0.25, -0.2) is 4.79 Å². The maximum absolute atomic E-state index is 12.1. The number of hydrogen-bond donors (Lipinski definition) is 1. The van der Waals surface area contributed by atoms with Gasteiger partial charge in [-0.1, -0.05) is 20.3 Å². The monoisotopic (exact) mass is 401 g/mol. The van der Waals surface area contributed by atoms with Gasteiger partial charge < -0.3 is 19.5 Å². The number of rotatable bonds is 5. The Labute approximate surface area is 174 Å². The minimum Gasteiger partial charge on any atom is -0.487 e. The molecule has 4 atom stereocenters. The molecule has 4 rings (SSSR count). The molecular formula is C24H35NO4. The molecule has 1 aromatic carbocycles. The molecule has 3 aliphatic rings. The normalized spacial score (nSPS) is 33.3. The molecule has 0 saturated carbocycles. The molecule has 29 heavy (non-hydrogen) atoms. The van der Waals surface area contributed by atoms with Gasteiger partial charge in [0, 0.05) is 17.0 Å². The van der Waals surface area contributed by atoms with Crippen LogP contribution in [-0.4, -0.2) is 37.4 Å². The van der Waals surface area contributed by atoms with Gasteiger partial charge in [0.05, 0.1) is 25.4 Å². The van der Waals surface area contributed by atoms with Crippen molar-refractivity contribution in [3.63, 3.8) is 0 Å². The van der Waals surface area contributed by atoms with E-state index in [1.54, 1.807) is 6.07 Å². The zero-order valence-electron chi connectivity index (χ0n) is 18.3. The van der Waals surface area contributed by atoms with Crippen LogP contribution in [0, 0.1) is 11.8 Å². The Bertz CT molecular complexity index is 755. The molecule has 0 amide bonds. The van der Waals surface area contributed by atoms with Gasteiger partial charge in [0.1, 0.15) is 11.4 Å². The van der Waals surface area contributed by atoms with Crippen molar-refractivity contribution < 1.29 is 19.0 Å². The highest BCUT2D eigenvalue weighted by Crippen LogP contribution is 2.54. The van der Waals surface area contributed by atoms with Crippen LogP contribution in [-0.2, 0) is 9.47 Å². The van der Waals surface area contributed by atoms with Crippen LogP contribution in [0.25, 0.3) is 0 Å². The van der Waals surface area contributed by atoms with Crippen LogP contribution in [0.15, 0.2) is 18.2 Å². The molecular weight excluding hydrogens is 366 g/mol. The van der Waals surface area contributed by atoms with Gasteiger partial charge in [0.25, 0.3) is 0 Å². The molecule has 3 aliphatic heterocycles. The molecule has 0 unspecified atom stereocenters. The van der Waals surface area contributed by atoms with E-state index in [1.165, 1.54) is 20.0 Å². The molecule has 5 heteroatoms. The molecule has 5 nitrogen and oxygen atoms in total. The standard InChI is InChI=1S/C24H35NO4/c1-16(2)7-5-10-23(3)19-14-24(11-6-12-25-24)15-28-21(19)18-13-17(22(26)27-4)8-9-20(18)29-23/h8-9,13,16,19,21,25H,5-7,10-12,14-15H2,1-4H3/t19-,21+,23-,24+/m1/s1. The van der Waals surface area contributed by atoms with Gasteiger partial charge in [-0.15, -0.1) is 0 Å². The predicted octanol–water partition coefficient (Wildman–Crippen LogP) is 4.65. The quantitative estimate of drug-likeness (QED) is 0.728. The minimum absolute atomic E-state index is 0.0413. The zero-order valence-corrected chi connectivity index (χ0v) is 18.3. The first-order valence-electron chi connectivity index (χ1n) is 11.1. The largest absolute Gasteiger partial charge is 0.487 e. The lowest BCUT2D eigenvalue weighted by atomic mass is 9.68. The molecule has 2 saturated heterocycles. The van der Waals surface area contributed by atoms with Crippen LogP contribution in [0.5, 0.6) is 5.75 Å². The Balaban J connectivity index is 1.67. The van der Waals surface area contributed by atoms with E-state index < -0.39 is 0 Å². The molecule has 0 aromatic heterocycles. The number of fused-ring (bicyclic) bond motifs is 3. The molecule has 2 fully saturated rings. The summed E-state index contributed by atoms with van der Waals surface area (Å²) in [6, 6.07) is 5.62. The van der Waals surface area contributed by atoms with Gasteiger partial charge in [0.2, 0.25) is 0 Å². The average Bonchev–Trinajstić information content (AvgIpc) is 3.15. The van der Waals surface area contributed by atoms with Gasteiger partial charge in [-0.2, -0.15) is 0 Å². The SMILES string of the molecule is COC(=O)c1ccc2c(c1)[C@@H]1OC[C@]3(CCCN3)C[C@H]1[C@@](C)(CCCC(C)C)O2. The summed E-state index contributed by atoms with van der Waals surface area (Å²) in [6.45, 7) is 8.60. The number of benzene rings is 1. The molecule has 0 aliphatic carbocycles. The highest BCUT2D eigenvalue weighted by Gasteiger charge is 2.54. The Kier molecular flexibility index (Phi) is 5.64. The van der Waals surface area contributed by atoms with Gasteiger partial charge >= 0.3 is 5.97 Å². The zero-order chi connectivity index (χ0) is 20.6. The molecule has 1 N–H and O–H groups in total. The van der Waals surface area contributed by atoms with Gasteiger partial charge in [-0.3, -0.25) is 0 Å². The number of hydrogen-bond acceptors (Lipinski definition) is 5. The number of nitrogens with one attached hydrogen (secondary N) is 1. The van der Waals surface area contributed by atoms with Crippen molar-refractivity contribution in [2.24, 2.45) is 11.8 Å². The van der Waals surface area contributed by atoms with Crippen LogP contribution in [0.3, 0.4) is 0 Å². The van der Waals surface area contributed by atoms with E-state index in [0.717, 1.165) is 50.1 Å². The summed E-state index contributed by atoms with van der Waals surface area (Å²) in [5, 5.41) is 3.73. The van der Waals surface area contributed by atoms with Crippen molar-refractivity contribution in [2.75, 3.05) is 20.3 Å². The van der Waals surface area contributed by atoms with E-state index >= 15 is 0 Å². The molecule has 0 bridgehead atoms. The first kappa shape index (κ1) is 20.7. The average molecular weight is 402 g/mol. The first-order valence-corrected chi connectivity index (χ1v) is 11.1. The second kappa shape index (κ2) is 7.92. The van der Waals surface area contributed by atoms with Crippen molar-refractivity contribution in [1.82, 2.24) is 5.32 Å². The fourth-order valence-electron chi connectivity index (χ4n) is 5.49. The second-order valence-corrected chi connectivity index (χ2v) is 9.80. The second-order valence-electron chi connectivity index (χ2n) is 9.80. The van der Waals surface area contributed by atoms with E-state index in [0.29, 0.717) is 11.5 Å². The number of carbonyl (C=O) groups is 1. The fourth-order valence-corrected chi connectivity index (χ4v) is 5.49. The van der Waals surface area contributed by atoms with E-state index in [1.807, 2.05) is 12.1 Å². The van der Waals surface area contributed by atoms with Crippen molar-refractivity contribution in [3.05, 3.63) is 29.3 Å². The highest BCUT2D eigenvalue weighted by atomic mass is 16.5. The number of esters is 1. The summed E-state index contributed by atoms with van der Waals surface area (Å²) in [5.41, 5.74) is 1.35. The van der Waals surface area contributed by atoms with E-state index in [-0.39, 0.29) is 29.1 Å². The van der Waals surface area contributed by atoms with Crippen molar-refractivity contribution in [2.45, 2.75) is 76.5 Å². The Morgan fingerprint density at radius 1 is 1.38 bits per heavy atom. The fraction of sp³-hybridized carbons (Fsp3) is 0.708. The van der Waals surface area contributed by atoms with Crippen LogP contribution < -0.4 is 10.1 Å². The summed E-state index contributed by atoms with van der Waals surface area (Å²) >= 11 is 0. The molecule has 1 spiro atoms. The Morgan fingerprint density at radius 2 is 2.21 bits per heavy atom. The van der Waals surface area contributed by atoms with E-state index in [2.05, 4.69) is 26.1 Å². The van der Waals surface area contributed by atoms with Crippen LogP contribution in [0.4, 0.5) is 0 Å². The van der Waals surface area contributed by atoms with Crippen LogP contribution >= 0.6 is 0 Å². The molecule has 3 heterocycles. The van der Waals surface area contributed by atoms with Crippen molar-refractivity contribution in [3.8, 4) is 5.75 Å². The van der Waals surface area contributed by atoms with Gasteiger partial charge in [0.15, 0.2) is 0 Å². The van der Waals surface area contributed by atoms with Crippen molar-refractivity contribution >= 4 is 5.97 Å². The maximum Gasteiger partial charge on any atom is 0.337 e. The third-order valence-corrected chi connectivity index (χ3v) is 7.17.